The molecule has 7 heteroatoms. The van der Waals surface area contributed by atoms with E-state index in [0.717, 1.165) is 62.3 Å². The number of hydrogen-bond donors (Lipinski definition) is 1. The van der Waals surface area contributed by atoms with Gasteiger partial charge in [0.1, 0.15) is 28.3 Å². The predicted octanol–water partition coefficient (Wildman–Crippen LogP) is 3.39. The molecular formula is C18H23ClN4O2. The zero-order valence-corrected chi connectivity index (χ0v) is 15.1. The topological polar surface area (TPSA) is 63.4 Å². The lowest BCUT2D eigenvalue weighted by Gasteiger charge is -2.33. The molecule has 0 aromatic carbocycles. The fourth-order valence-corrected chi connectivity index (χ4v) is 3.37. The highest BCUT2D eigenvalue weighted by atomic mass is 35.5. The van der Waals surface area contributed by atoms with Gasteiger partial charge >= 0.3 is 0 Å². The number of halogens is 1. The first-order chi connectivity index (χ1) is 12.2. The molecule has 0 amide bonds. The van der Waals surface area contributed by atoms with Crippen molar-refractivity contribution in [2.45, 2.75) is 31.7 Å². The number of morpholine rings is 1. The van der Waals surface area contributed by atoms with Gasteiger partial charge in [0.05, 0.1) is 19.3 Å². The predicted molar refractivity (Wildman–Crippen MR) is 96.1 cm³/mol. The Morgan fingerprint density at radius 2 is 2.08 bits per heavy atom. The minimum Gasteiger partial charge on any atom is -0.465 e. The van der Waals surface area contributed by atoms with E-state index in [1.54, 1.807) is 6.07 Å². The molecule has 25 heavy (non-hydrogen) atoms. The Bertz CT molecular complexity index is 726. The van der Waals surface area contributed by atoms with Crippen LogP contribution in [0.2, 0.25) is 5.15 Å². The Balaban J connectivity index is 1.50. The molecule has 3 heterocycles. The molecule has 0 radical (unpaired) electrons. The van der Waals surface area contributed by atoms with Crippen LogP contribution in [0.1, 0.15) is 42.1 Å². The summed E-state index contributed by atoms with van der Waals surface area (Å²) in [5.74, 6) is 4.00. The Morgan fingerprint density at radius 3 is 2.76 bits per heavy atom. The molecule has 2 aromatic heterocycles. The average Bonchev–Trinajstić information content (AvgIpc) is 3.38. The molecule has 1 unspecified atom stereocenters. The first-order valence-electron chi connectivity index (χ1n) is 8.85. The van der Waals surface area contributed by atoms with Crippen molar-refractivity contribution in [3.63, 3.8) is 0 Å². The van der Waals surface area contributed by atoms with Crippen LogP contribution in [0.25, 0.3) is 0 Å². The first-order valence-corrected chi connectivity index (χ1v) is 9.23. The quantitative estimate of drug-likeness (QED) is 0.795. The van der Waals surface area contributed by atoms with Crippen molar-refractivity contribution in [2.24, 2.45) is 0 Å². The van der Waals surface area contributed by atoms with Crippen molar-refractivity contribution in [3.8, 4) is 0 Å². The molecular weight excluding hydrogens is 340 g/mol. The molecule has 134 valence electrons. The SMILES string of the molecule is Cc1ccc(C(CNc2cc(Cl)nc(C3CC3)n2)N2CCOCC2)o1. The Labute approximate surface area is 152 Å². The lowest BCUT2D eigenvalue weighted by atomic mass is 10.1. The van der Waals surface area contributed by atoms with E-state index in [1.165, 1.54) is 0 Å². The van der Waals surface area contributed by atoms with Gasteiger partial charge in [0.2, 0.25) is 0 Å². The molecule has 1 saturated carbocycles. The number of ether oxygens (including phenoxy) is 1. The molecule has 1 aliphatic carbocycles. The van der Waals surface area contributed by atoms with Gasteiger partial charge in [-0.3, -0.25) is 4.90 Å². The molecule has 0 bridgehead atoms. The lowest BCUT2D eigenvalue weighted by molar-refractivity contribution is 0.0143. The number of aryl methyl sites for hydroxylation is 1. The van der Waals surface area contributed by atoms with Gasteiger partial charge in [-0.1, -0.05) is 11.6 Å². The maximum absolute atomic E-state index is 6.17. The summed E-state index contributed by atoms with van der Waals surface area (Å²) < 4.78 is 11.4. The smallest absolute Gasteiger partial charge is 0.135 e. The molecule has 1 N–H and O–H groups in total. The summed E-state index contributed by atoms with van der Waals surface area (Å²) in [6.07, 6.45) is 2.31. The fraction of sp³-hybridized carbons (Fsp3) is 0.556. The van der Waals surface area contributed by atoms with Crippen LogP contribution in [0.3, 0.4) is 0 Å². The normalized spacial score (nSPS) is 19.8. The van der Waals surface area contributed by atoms with Gasteiger partial charge in [-0.2, -0.15) is 0 Å². The van der Waals surface area contributed by atoms with Crippen molar-refractivity contribution in [2.75, 3.05) is 38.2 Å². The largest absolute Gasteiger partial charge is 0.465 e. The van der Waals surface area contributed by atoms with Crippen molar-refractivity contribution >= 4 is 17.4 Å². The van der Waals surface area contributed by atoms with E-state index in [-0.39, 0.29) is 6.04 Å². The number of nitrogens with zero attached hydrogens (tertiary/aromatic N) is 3. The summed E-state index contributed by atoms with van der Waals surface area (Å²) >= 11 is 6.17. The van der Waals surface area contributed by atoms with E-state index in [2.05, 4.69) is 26.3 Å². The fourth-order valence-electron chi connectivity index (χ4n) is 3.18. The van der Waals surface area contributed by atoms with Crippen LogP contribution in [0.5, 0.6) is 0 Å². The van der Waals surface area contributed by atoms with Crippen LogP contribution < -0.4 is 5.32 Å². The minimum atomic E-state index is 0.135. The third-order valence-electron chi connectivity index (χ3n) is 4.71. The van der Waals surface area contributed by atoms with Crippen LogP contribution in [0.4, 0.5) is 5.82 Å². The Morgan fingerprint density at radius 1 is 1.28 bits per heavy atom. The van der Waals surface area contributed by atoms with E-state index >= 15 is 0 Å². The van der Waals surface area contributed by atoms with Crippen LogP contribution in [0, 0.1) is 6.92 Å². The highest BCUT2D eigenvalue weighted by Gasteiger charge is 2.28. The monoisotopic (exact) mass is 362 g/mol. The van der Waals surface area contributed by atoms with Gasteiger partial charge in [-0.05, 0) is 31.9 Å². The first kappa shape index (κ1) is 16.8. The molecule has 1 aliphatic heterocycles. The molecule has 2 aliphatic rings. The van der Waals surface area contributed by atoms with Crippen molar-refractivity contribution < 1.29 is 9.15 Å². The summed E-state index contributed by atoms with van der Waals surface area (Å²) in [7, 11) is 0. The zero-order chi connectivity index (χ0) is 17.2. The Kier molecular flexibility index (Phi) is 4.92. The third kappa shape index (κ3) is 4.14. The van der Waals surface area contributed by atoms with E-state index in [4.69, 9.17) is 20.8 Å². The standard InChI is InChI=1S/C18H23ClN4O2/c1-12-2-5-15(25-12)14(23-6-8-24-9-7-23)11-20-17-10-16(19)21-18(22-17)13-3-4-13/h2,5,10,13-14H,3-4,6-9,11H2,1H3,(H,20,21,22). The highest BCUT2D eigenvalue weighted by Crippen LogP contribution is 2.38. The number of furan rings is 1. The molecule has 0 spiro atoms. The number of anilines is 1. The van der Waals surface area contributed by atoms with Crippen molar-refractivity contribution in [1.29, 1.82) is 0 Å². The molecule has 6 nitrogen and oxygen atoms in total. The maximum Gasteiger partial charge on any atom is 0.135 e. The number of hydrogen-bond acceptors (Lipinski definition) is 6. The second-order valence-electron chi connectivity index (χ2n) is 6.70. The summed E-state index contributed by atoms with van der Waals surface area (Å²) in [5, 5.41) is 3.93. The maximum atomic E-state index is 6.17. The Hall–Kier alpha value is -1.63. The van der Waals surface area contributed by atoms with Crippen molar-refractivity contribution in [1.82, 2.24) is 14.9 Å². The summed E-state index contributed by atoms with van der Waals surface area (Å²) in [6.45, 7) is 5.96. The molecule has 1 atom stereocenters. The minimum absolute atomic E-state index is 0.135. The van der Waals surface area contributed by atoms with Crippen molar-refractivity contribution in [3.05, 3.63) is 40.7 Å². The van der Waals surface area contributed by atoms with Gasteiger partial charge in [0, 0.05) is 31.6 Å². The van der Waals surface area contributed by atoms with Crippen LogP contribution in [0.15, 0.2) is 22.6 Å². The van der Waals surface area contributed by atoms with Crippen LogP contribution >= 0.6 is 11.6 Å². The van der Waals surface area contributed by atoms with E-state index < -0.39 is 0 Å². The summed E-state index contributed by atoms with van der Waals surface area (Å²) in [4.78, 5) is 11.4. The highest BCUT2D eigenvalue weighted by molar-refractivity contribution is 6.29. The van der Waals surface area contributed by atoms with Crippen LogP contribution in [-0.4, -0.2) is 47.7 Å². The summed E-state index contributed by atoms with van der Waals surface area (Å²) in [6, 6.07) is 5.99. The second-order valence-corrected chi connectivity index (χ2v) is 7.09. The number of aromatic nitrogens is 2. The van der Waals surface area contributed by atoms with Gasteiger partial charge in [0.15, 0.2) is 0 Å². The van der Waals surface area contributed by atoms with Gasteiger partial charge in [0.25, 0.3) is 0 Å². The summed E-state index contributed by atoms with van der Waals surface area (Å²) in [5.41, 5.74) is 0. The molecule has 1 saturated heterocycles. The number of rotatable bonds is 6. The molecule has 2 aromatic rings. The lowest BCUT2D eigenvalue weighted by Crippen LogP contribution is -2.41. The van der Waals surface area contributed by atoms with Gasteiger partial charge in [-0.15, -0.1) is 0 Å². The molecule has 2 fully saturated rings. The van der Waals surface area contributed by atoms with Gasteiger partial charge < -0.3 is 14.5 Å². The average molecular weight is 363 g/mol. The third-order valence-corrected chi connectivity index (χ3v) is 4.90. The zero-order valence-electron chi connectivity index (χ0n) is 14.4. The second kappa shape index (κ2) is 7.32. The van der Waals surface area contributed by atoms with E-state index in [9.17, 15) is 0 Å². The molecule has 4 rings (SSSR count). The number of nitrogens with one attached hydrogen (secondary N) is 1. The van der Waals surface area contributed by atoms with E-state index in [0.29, 0.717) is 17.6 Å². The van der Waals surface area contributed by atoms with Gasteiger partial charge in [-0.25, -0.2) is 9.97 Å². The van der Waals surface area contributed by atoms with Crippen LogP contribution in [-0.2, 0) is 4.74 Å². The van der Waals surface area contributed by atoms with E-state index in [1.807, 2.05) is 13.0 Å².